The van der Waals surface area contributed by atoms with Crippen molar-refractivity contribution < 1.29 is 14.8 Å². The SMILES string of the molecule is Cc1cccc(Nc2ccc([N+](=O)[O-])c(C(=O)O)c2)c1Br. The smallest absolute Gasteiger partial charge is 0.342 e. The summed E-state index contributed by atoms with van der Waals surface area (Å²) in [7, 11) is 0. The maximum Gasteiger partial charge on any atom is 0.342 e. The molecule has 2 aromatic rings. The van der Waals surface area contributed by atoms with E-state index in [2.05, 4.69) is 21.2 Å². The van der Waals surface area contributed by atoms with Gasteiger partial charge in [0.25, 0.3) is 5.69 Å². The number of nitrogens with zero attached hydrogens (tertiary/aromatic N) is 1. The number of anilines is 2. The number of benzene rings is 2. The Morgan fingerprint density at radius 3 is 2.67 bits per heavy atom. The summed E-state index contributed by atoms with van der Waals surface area (Å²) >= 11 is 3.44. The number of nitro benzene ring substituents is 1. The molecule has 0 unspecified atom stereocenters. The Hall–Kier alpha value is -2.41. The Balaban J connectivity index is 2.42. The van der Waals surface area contributed by atoms with Crippen molar-refractivity contribution in [1.82, 2.24) is 0 Å². The minimum atomic E-state index is -1.34. The predicted octanol–water partition coefficient (Wildman–Crippen LogP) is 4.11. The van der Waals surface area contributed by atoms with Gasteiger partial charge in [-0.15, -0.1) is 0 Å². The quantitative estimate of drug-likeness (QED) is 0.639. The summed E-state index contributed by atoms with van der Waals surface area (Å²) < 4.78 is 0.847. The van der Waals surface area contributed by atoms with Crippen LogP contribution >= 0.6 is 15.9 Å². The minimum Gasteiger partial charge on any atom is -0.477 e. The minimum absolute atomic E-state index is 0.353. The molecule has 6 nitrogen and oxygen atoms in total. The highest BCUT2D eigenvalue weighted by molar-refractivity contribution is 9.10. The van der Waals surface area contributed by atoms with Gasteiger partial charge in [0.1, 0.15) is 5.56 Å². The first-order chi connectivity index (χ1) is 9.90. The van der Waals surface area contributed by atoms with E-state index in [1.807, 2.05) is 25.1 Å². The lowest BCUT2D eigenvalue weighted by Crippen LogP contribution is -2.04. The number of aryl methyl sites for hydroxylation is 1. The van der Waals surface area contributed by atoms with Crippen LogP contribution in [0.25, 0.3) is 0 Å². The Bertz CT molecular complexity index is 731. The van der Waals surface area contributed by atoms with Gasteiger partial charge in [-0.1, -0.05) is 12.1 Å². The van der Waals surface area contributed by atoms with Gasteiger partial charge in [-0.05, 0) is 46.6 Å². The molecule has 2 N–H and O–H groups in total. The molecule has 0 amide bonds. The molecule has 0 fully saturated rings. The molecule has 108 valence electrons. The molecule has 7 heteroatoms. The van der Waals surface area contributed by atoms with Crippen molar-refractivity contribution in [3.05, 3.63) is 62.1 Å². The normalized spacial score (nSPS) is 10.2. The maximum atomic E-state index is 11.1. The van der Waals surface area contributed by atoms with Gasteiger partial charge in [-0.3, -0.25) is 10.1 Å². The topological polar surface area (TPSA) is 92.5 Å². The van der Waals surface area contributed by atoms with E-state index in [4.69, 9.17) is 5.11 Å². The number of carboxylic acids is 1. The average molecular weight is 351 g/mol. The molecule has 0 saturated heterocycles. The number of hydrogen-bond acceptors (Lipinski definition) is 4. The number of carbonyl (C=O) groups is 1. The van der Waals surface area contributed by atoms with Gasteiger partial charge in [-0.25, -0.2) is 4.79 Å². The molecule has 0 aromatic heterocycles. The highest BCUT2D eigenvalue weighted by atomic mass is 79.9. The lowest BCUT2D eigenvalue weighted by Gasteiger charge is -2.11. The van der Waals surface area contributed by atoms with Crippen LogP contribution in [0.5, 0.6) is 0 Å². The highest BCUT2D eigenvalue weighted by Crippen LogP contribution is 2.30. The largest absolute Gasteiger partial charge is 0.477 e. The first-order valence-corrected chi connectivity index (χ1v) is 6.73. The van der Waals surface area contributed by atoms with Crippen LogP contribution in [0.3, 0.4) is 0 Å². The van der Waals surface area contributed by atoms with E-state index in [0.717, 1.165) is 15.7 Å². The van der Waals surface area contributed by atoms with Gasteiger partial charge in [-0.2, -0.15) is 0 Å². The van der Waals surface area contributed by atoms with Crippen LogP contribution in [-0.2, 0) is 0 Å². The molecular weight excluding hydrogens is 340 g/mol. The van der Waals surface area contributed by atoms with Crippen molar-refractivity contribution in [2.24, 2.45) is 0 Å². The molecule has 2 aromatic carbocycles. The lowest BCUT2D eigenvalue weighted by atomic mass is 10.1. The van der Waals surface area contributed by atoms with Crippen LogP contribution in [-0.4, -0.2) is 16.0 Å². The molecule has 0 aliphatic heterocycles. The second-order valence-electron chi connectivity index (χ2n) is 4.36. The van der Waals surface area contributed by atoms with E-state index in [1.165, 1.54) is 18.2 Å². The third-order valence-corrected chi connectivity index (χ3v) is 3.95. The zero-order chi connectivity index (χ0) is 15.6. The van der Waals surface area contributed by atoms with Crippen LogP contribution in [0.15, 0.2) is 40.9 Å². The van der Waals surface area contributed by atoms with Gasteiger partial charge in [0.05, 0.1) is 10.6 Å². The summed E-state index contributed by atoms with van der Waals surface area (Å²) in [5, 5.41) is 22.9. The van der Waals surface area contributed by atoms with Crippen molar-refractivity contribution in [3.63, 3.8) is 0 Å². The van der Waals surface area contributed by atoms with Crippen molar-refractivity contribution >= 4 is 39.0 Å². The molecule has 0 spiro atoms. The van der Waals surface area contributed by atoms with E-state index in [9.17, 15) is 14.9 Å². The van der Waals surface area contributed by atoms with Gasteiger partial charge >= 0.3 is 5.97 Å². The zero-order valence-corrected chi connectivity index (χ0v) is 12.5. The summed E-state index contributed by atoms with van der Waals surface area (Å²) in [5.74, 6) is -1.34. The standard InChI is InChI=1S/C14H11BrN2O4/c1-8-3-2-4-11(13(8)15)16-9-5-6-12(17(20)21)10(7-9)14(18)19/h2-7,16H,1H3,(H,18,19). The molecule has 0 aliphatic carbocycles. The van der Waals surface area contributed by atoms with Crippen LogP contribution in [0, 0.1) is 17.0 Å². The van der Waals surface area contributed by atoms with Gasteiger partial charge in [0, 0.05) is 16.2 Å². The maximum absolute atomic E-state index is 11.1. The fourth-order valence-corrected chi connectivity index (χ4v) is 2.21. The third kappa shape index (κ3) is 3.19. The predicted molar refractivity (Wildman–Crippen MR) is 82.2 cm³/mol. The van der Waals surface area contributed by atoms with Crippen LogP contribution in [0.2, 0.25) is 0 Å². The lowest BCUT2D eigenvalue weighted by molar-refractivity contribution is -0.385. The molecule has 0 radical (unpaired) electrons. The second kappa shape index (κ2) is 5.92. The summed E-state index contributed by atoms with van der Waals surface area (Å²) in [4.78, 5) is 21.2. The van der Waals surface area contributed by atoms with Crippen molar-refractivity contribution in [3.8, 4) is 0 Å². The number of halogens is 1. The number of hydrogen-bond donors (Lipinski definition) is 2. The fraction of sp³-hybridized carbons (Fsp3) is 0.0714. The molecular formula is C14H11BrN2O4. The van der Waals surface area contributed by atoms with Gasteiger partial charge in [0.2, 0.25) is 0 Å². The molecule has 0 saturated carbocycles. The molecule has 2 rings (SSSR count). The average Bonchev–Trinajstić information content (AvgIpc) is 2.43. The number of carboxylic acid groups (broad SMARTS) is 1. The summed E-state index contributed by atoms with van der Waals surface area (Å²) in [6.45, 7) is 1.92. The van der Waals surface area contributed by atoms with Crippen LogP contribution in [0.4, 0.5) is 17.1 Å². The molecule has 21 heavy (non-hydrogen) atoms. The Kier molecular flexibility index (Phi) is 4.23. The summed E-state index contributed by atoms with van der Waals surface area (Å²) in [6.07, 6.45) is 0. The van der Waals surface area contributed by atoms with E-state index in [-0.39, 0.29) is 5.56 Å². The van der Waals surface area contributed by atoms with E-state index in [1.54, 1.807) is 0 Å². The zero-order valence-electron chi connectivity index (χ0n) is 11.0. The fourth-order valence-electron chi connectivity index (χ4n) is 1.84. The highest BCUT2D eigenvalue weighted by Gasteiger charge is 2.20. The van der Waals surface area contributed by atoms with Crippen LogP contribution in [0.1, 0.15) is 15.9 Å². The first kappa shape index (κ1) is 15.0. The summed E-state index contributed by atoms with van der Waals surface area (Å²) in [6, 6.07) is 9.49. The number of nitro groups is 1. The van der Waals surface area contributed by atoms with Crippen LogP contribution < -0.4 is 5.32 Å². The van der Waals surface area contributed by atoms with E-state index < -0.39 is 16.6 Å². The molecule has 0 bridgehead atoms. The number of aromatic carboxylic acids is 1. The third-order valence-electron chi connectivity index (χ3n) is 2.89. The van der Waals surface area contributed by atoms with Crippen molar-refractivity contribution in [1.29, 1.82) is 0 Å². The van der Waals surface area contributed by atoms with Crippen molar-refractivity contribution in [2.75, 3.05) is 5.32 Å². The Morgan fingerprint density at radius 2 is 2.05 bits per heavy atom. The molecule has 0 atom stereocenters. The van der Waals surface area contributed by atoms with Gasteiger partial charge < -0.3 is 10.4 Å². The van der Waals surface area contributed by atoms with E-state index >= 15 is 0 Å². The second-order valence-corrected chi connectivity index (χ2v) is 5.15. The first-order valence-electron chi connectivity index (χ1n) is 5.94. The van der Waals surface area contributed by atoms with E-state index in [0.29, 0.717) is 5.69 Å². The Morgan fingerprint density at radius 1 is 1.33 bits per heavy atom. The summed E-state index contributed by atoms with van der Waals surface area (Å²) in [5.41, 5.74) is 1.44. The van der Waals surface area contributed by atoms with Gasteiger partial charge in [0.15, 0.2) is 0 Å². The van der Waals surface area contributed by atoms with Crippen molar-refractivity contribution in [2.45, 2.75) is 6.92 Å². The number of rotatable bonds is 4. The molecule has 0 aliphatic rings. The monoisotopic (exact) mass is 350 g/mol. The Labute approximate surface area is 128 Å². The molecule has 0 heterocycles. The number of nitrogens with one attached hydrogen (secondary N) is 1.